The molecule has 0 aliphatic heterocycles. The Labute approximate surface area is 414 Å². The summed E-state index contributed by atoms with van der Waals surface area (Å²) in [6.45, 7) is 3.77. The monoisotopic (exact) mass is 990 g/mol. The van der Waals surface area contributed by atoms with E-state index in [-0.39, 0.29) is 6.42 Å². The zero-order chi connectivity index (χ0) is 50.1. The molecule has 1 aliphatic carbocycles. The maximum absolute atomic E-state index is 13.1. The molecule has 14 heteroatoms. The van der Waals surface area contributed by atoms with Crippen LogP contribution in [0.4, 0.5) is 0 Å². The Kier molecular flexibility index (Phi) is 41.3. The normalized spacial score (nSPS) is 22.2. The summed E-state index contributed by atoms with van der Waals surface area (Å²) in [5.74, 6) is -0.598. The van der Waals surface area contributed by atoms with Crippen LogP contribution in [0.25, 0.3) is 0 Å². The second-order valence-corrected chi connectivity index (χ2v) is 21.4. The summed E-state index contributed by atoms with van der Waals surface area (Å²) in [7, 11) is -5.15. The number of hydrogen-bond acceptors (Lipinski definition) is 11. The molecule has 68 heavy (non-hydrogen) atoms. The zero-order valence-electron chi connectivity index (χ0n) is 43.0. The van der Waals surface area contributed by atoms with Crippen LogP contribution >= 0.6 is 7.82 Å². The van der Waals surface area contributed by atoms with E-state index in [4.69, 9.17) is 9.05 Å². The Morgan fingerprint density at radius 1 is 0.515 bits per heavy atom. The van der Waals surface area contributed by atoms with E-state index in [1.54, 1.807) is 6.08 Å². The van der Waals surface area contributed by atoms with Crippen LogP contribution in [0.5, 0.6) is 0 Å². The van der Waals surface area contributed by atoms with Gasteiger partial charge in [-0.05, 0) is 32.1 Å². The molecule has 1 aliphatic rings. The number of nitrogens with one attached hydrogen (secondary N) is 1. The van der Waals surface area contributed by atoms with Gasteiger partial charge in [-0.3, -0.25) is 13.8 Å². The van der Waals surface area contributed by atoms with Gasteiger partial charge in [-0.15, -0.1) is 0 Å². The summed E-state index contributed by atoms with van der Waals surface area (Å²) in [4.78, 5) is 23.6. The first-order valence-electron chi connectivity index (χ1n) is 27.9. The summed E-state index contributed by atoms with van der Waals surface area (Å²) in [6, 6.07) is -1.25. The Bertz CT molecular complexity index is 1260. The highest BCUT2D eigenvalue weighted by Crippen LogP contribution is 2.47. The average molecular weight is 990 g/mol. The van der Waals surface area contributed by atoms with Crippen molar-refractivity contribution < 1.29 is 59.0 Å². The largest absolute Gasteiger partial charge is 0.472 e. The summed E-state index contributed by atoms with van der Waals surface area (Å²) in [5, 5.41) is 74.8. The molecule has 1 saturated carbocycles. The summed E-state index contributed by atoms with van der Waals surface area (Å²) in [5.41, 5.74) is 0. The summed E-state index contributed by atoms with van der Waals surface area (Å²) < 4.78 is 23.0. The smallest absolute Gasteiger partial charge is 0.393 e. The molecule has 0 saturated heterocycles. The number of phosphoric ester groups is 1. The number of aliphatic hydroxyl groups excluding tert-OH is 7. The van der Waals surface area contributed by atoms with Crippen LogP contribution < -0.4 is 5.32 Å². The molecule has 9 N–H and O–H groups in total. The molecule has 1 rings (SSSR count). The van der Waals surface area contributed by atoms with Crippen molar-refractivity contribution in [2.45, 2.75) is 306 Å². The SMILES string of the molecule is CCCCCCCCCCCCCCC/C=C/CC/C=C/C(O)C(COP(=O)(O)OC1C(O)C(O)C(O)C(O)C1O)NC(=O)CC(O)CCCCCCCCCCCCCCCCCCCCC. The maximum Gasteiger partial charge on any atom is 0.472 e. The van der Waals surface area contributed by atoms with Gasteiger partial charge < -0.3 is 46.0 Å². The number of hydrogen-bond donors (Lipinski definition) is 9. The topological polar surface area (TPSA) is 226 Å². The van der Waals surface area contributed by atoms with Crippen LogP contribution in [-0.4, -0.2) is 108 Å². The number of carbonyl (C=O) groups is 1. The standard InChI is InChI=1S/C54H104NO12P/c1-3-5-7-9-11-13-15-17-19-21-23-25-27-29-31-33-35-37-39-41-45(56)43-48(58)55-46(44-66-68(64,65)67-54-52(62)50(60)49(59)51(61)53(54)63)47(57)42-40-38-36-34-32-30-28-26-24-22-20-18-16-14-12-10-8-6-4-2/h32,34,40,42,45-47,49-54,56-57,59-63H,3-31,33,35-39,41,43-44H2,1-2H3,(H,55,58)(H,64,65)/b34-32+,42-40+. The Balaban J connectivity index is 2.46. The molecule has 0 radical (unpaired) electrons. The minimum atomic E-state index is -5.15. The van der Waals surface area contributed by atoms with Crippen LogP contribution in [0.1, 0.15) is 251 Å². The Morgan fingerprint density at radius 2 is 0.868 bits per heavy atom. The average Bonchev–Trinajstić information content (AvgIpc) is 3.31. The molecule has 1 amide bonds. The lowest BCUT2D eigenvalue weighted by Gasteiger charge is -2.41. The quantitative estimate of drug-likeness (QED) is 0.0158. The molecule has 0 aromatic rings. The van der Waals surface area contributed by atoms with Gasteiger partial charge in [0.15, 0.2) is 0 Å². The first-order chi connectivity index (χ1) is 32.8. The second kappa shape index (κ2) is 43.4. The van der Waals surface area contributed by atoms with Crippen molar-refractivity contribution in [3.63, 3.8) is 0 Å². The molecule has 8 unspecified atom stereocenters. The number of allylic oxidation sites excluding steroid dienone is 3. The van der Waals surface area contributed by atoms with E-state index < -0.39 is 75.2 Å². The van der Waals surface area contributed by atoms with Gasteiger partial charge in [0.25, 0.3) is 0 Å². The molecule has 0 spiro atoms. The van der Waals surface area contributed by atoms with E-state index in [2.05, 4.69) is 31.3 Å². The summed E-state index contributed by atoms with van der Waals surface area (Å²) >= 11 is 0. The van der Waals surface area contributed by atoms with Crippen molar-refractivity contribution in [3.8, 4) is 0 Å². The fourth-order valence-electron chi connectivity index (χ4n) is 9.02. The predicted molar refractivity (Wildman–Crippen MR) is 275 cm³/mol. The number of carbonyl (C=O) groups excluding carboxylic acids is 1. The first-order valence-corrected chi connectivity index (χ1v) is 29.4. The highest BCUT2D eigenvalue weighted by atomic mass is 31.2. The number of amides is 1. The van der Waals surface area contributed by atoms with Crippen LogP contribution in [0, 0.1) is 0 Å². The third-order valence-corrected chi connectivity index (χ3v) is 14.5. The van der Waals surface area contributed by atoms with Gasteiger partial charge in [-0.2, -0.15) is 0 Å². The molecule has 0 heterocycles. The number of aliphatic hydroxyl groups is 7. The van der Waals surface area contributed by atoms with Gasteiger partial charge in [0.1, 0.15) is 36.6 Å². The van der Waals surface area contributed by atoms with Crippen molar-refractivity contribution >= 4 is 13.7 Å². The van der Waals surface area contributed by atoms with E-state index >= 15 is 0 Å². The van der Waals surface area contributed by atoms with Gasteiger partial charge in [-0.1, -0.05) is 237 Å². The van der Waals surface area contributed by atoms with Crippen molar-refractivity contribution in [2.24, 2.45) is 0 Å². The number of rotatable bonds is 47. The van der Waals surface area contributed by atoms with E-state index in [9.17, 15) is 50.0 Å². The van der Waals surface area contributed by atoms with Crippen LogP contribution in [0.2, 0.25) is 0 Å². The molecule has 0 aromatic heterocycles. The second-order valence-electron chi connectivity index (χ2n) is 20.0. The van der Waals surface area contributed by atoms with E-state index in [1.807, 2.05) is 0 Å². The fourth-order valence-corrected chi connectivity index (χ4v) is 9.99. The number of unbranched alkanes of at least 4 members (excludes halogenated alkanes) is 32. The number of phosphoric acid groups is 1. The van der Waals surface area contributed by atoms with E-state index in [1.165, 1.54) is 179 Å². The molecule has 402 valence electrons. The minimum absolute atomic E-state index is 0.248. The Morgan fingerprint density at radius 3 is 1.29 bits per heavy atom. The van der Waals surface area contributed by atoms with Gasteiger partial charge in [0.05, 0.1) is 31.3 Å². The highest BCUT2D eigenvalue weighted by molar-refractivity contribution is 7.47. The highest BCUT2D eigenvalue weighted by Gasteiger charge is 2.51. The fraction of sp³-hybridized carbons (Fsp3) is 0.907. The maximum atomic E-state index is 13.1. The van der Waals surface area contributed by atoms with Crippen LogP contribution in [-0.2, 0) is 18.4 Å². The molecular weight excluding hydrogens is 886 g/mol. The van der Waals surface area contributed by atoms with Gasteiger partial charge in [0, 0.05) is 0 Å². The van der Waals surface area contributed by atoms with Crippen molar-refractivity contribution in [2.75, 3.05) is 6.61 Å². The minimum Gasteiger partial charge on any atom is -0.393 e. The Hall–Kier alpha value is -1.22. The first kappa shape index (κ1) is 64.8. The van der Waals surface area contributed by atoms with Crippen molar-refractivity contribution in [3.05, 3.63) is 24.3 Å². The lowest BCUT2D eigenvalue weighted by molar-refractivity contribution is -0.220. The van der Waals surface area contributed by atoms with E-state index in [0.717, 1.165) is 44.9 Å². The van der Waals surface area contributed by atoms with Crippen molar-refractivity contribution in [1.82, 2.24) is 5.32 Å². The molecule has 13 nitrogen and oxygen atoms in total. The summed E-state index contributed by atoms with van der Waals surface area (Å²) in [6.07, 6.45) is 36.9. The predicted octanol–water partition coefficient (Wildman–Crippen LogP) is 11.1. The van der Waals surface area contributed by atoms with Crippen molar-refractivity contribution in [1.29, 1.82) is 0 Å². The van der Waals surface area contributed by atoms with Gasteiger partial charge >= 0.3 is 7.82 Å². The molecule has 0 bridgehead atoms. The molecule has 1 fully saturated rings. The third kappa shape index (κ3) is 34.2. The van der Waals surface area contributed by atoms with E-state index in [0.29, 0.717) is 12.8 Å². The lowest BCUT2D eigenvalue weighted by atomic mass is 9.85. The lowest BCUT2D eigenvalue weighted by Crippen LogP contribution is -2.64. The zero-order valence-corrected chi connectivity index (χ0v) is 43.9. The third-order valence-electron chi connectivity index (χ3n) is 13.5. The molecular formula is C54H104NO12P. The van der Waals surface area contributed by atoms with Gasteiger partial charge in [0.2, 0.25) is 5.91 Å². The van der Waals surface area contributed by atoms with Crippen LogP contribution in [0.15, 0.2) is 24.3 Å². The molecule has 8 atom stereocenters. The molecule has 0 aromatic carbocycles. The van der Waals surface area contributed by atoms with Gasteiger partial charge in [-0.25, -0.2) is 4.57 Å². The van der Waals surface area contributed by atoms with Crippen LogP contribution in [0.3, 0.4) is 0 Å².